The number of amides is 1. The fraction of sp³-hybridized carbons (Fsp3) is 0.0833. The third kappa shape index (κ3) is 3.09. The number of benzene rings is 1. The van der Waals surface area contributed by atoms with Gasteiger partial charge in [-0.25, -0.2) is 4.98 Å². The number of primary amides is 1. The van der Waals surface area contributed by atoms with Gasteiger partial charge in [0.05, 0.1) is 6.20 Å². The molecule has 0 aliphatic carbocycles. The summed E-state index contributed by atoms with van der Waals surface area (Å²) in [6.07, 6.45) is 1.29. The number of hydrogen-bond acceptors (Lipinski definition) is 5. The molecule has 2 rings (SSSR count). The summed E-state index contributed by atoms with van der Waals surface area (Å²) in [7, 11) is 0. The molecule has 7 nitrogen and oxygen atoms in total. The number of H-pyrrole nitrogens is 1. The first-order valence-corrected chi connectivity index (χ1v) is 5.53. The molecule has 6 N–H and O–H groups in total. The molecule has 0 aliphatic rings. The minimum absolute atomic E-state index is 0.0661. The molecule has 98 valence electrons. The van der Waals surface area contributed by atoms with Crippen molar-refractivity contribution in [1.82, 2.24) is 9.97 Å². The lowest BCUT2D eigenvalue weighted by atomic mass is 10.1. The molecular weight excluding hydrogens is 246 g/mol. The average molecular weight is 259 g/mol. The molecule has 7 heteroatoms. The van der Waals surface area contributed by atoms with Crippen LogP contribution in [0.15, 0.2) is 35.3 Å². The van der Waals surface area contributed by atoms with Gasteiger partial charge in [-0.1, -0.05) is 12.1 Å². The van der Waals surface area contributed by atoms with E-state index in [1.165, 1.54) is 6.20 Å². The zero-order valence-electron chi connectivity index (χ0n) is 10.0. The molecular formula is C12H13N5O2. The van der Waals surface area contributed by atoms with Crippen molar-refractivity contribution >= 4 is 17.5 Å². The van der Waals surface area contributed by atoms with Crippen molar-refractivity contribution in [2.24, 2.45) is 5.73 Å². The fourth-order valence-corrected chi connectivity index (χ4v) is 1.47. The second-order valence-corrected chi connectivity index (χ2v) is 3.93. The van der Waals surface area contributed by atoms with Gasteiger partial charge >= 0.3 is 0 Å². The average Bonchev–Trinajstić information content (AvgIpc) is 2.40. The predicted molar refractivity (Wildman–Crippen MR) is 71.6 cm³/mol. The highest BCUT2D eigenvalue weighted by Crippen LogP contribution is 2.06. The van der Waals surface area contributed by atoms with Crippen molar-refractivity contribution < 1.29 is 4.79 Å². The minimum Gasteiger partial charge on any atom is -0.393 e. The first-order valence-electron chi connectivity index (χ1n) is 5.53. The van der Waals surface area contributed by atoms with E-state index in [4.69, 9.17) is 11.5 Å². The van der Waals surface area contributed by atoms with Gasteiger partial charge in [0.1, 0.15) is 5.69 Å². The van der Waals surface area contributed by atoms with E-state index in [-0.39, 0.29) is 11.2 Å². The molecule has 2 aromatic rings. The lowest BCUT2D eigenvalue weighted by molar-refractivity contribution is 0.100. The number of nitrogens with zero attached hydrogens (tertiary/aromatic N) is 1. The molecule has 1 amide bonds. The molecule has 0 radical (unpaired) electrons. The zero-order chi connectivity index (χ0) is 13.8. The van der Waals surface area contributed by atoms with Gasteiger partial charge in [0.15, 0.2) is 0 Å². The number of nitrogens with one attached hydrogen (secondary N) is 2. The summed E-state index contributed by atoms with van der Waals surface area (Å²) in [6, 6.07) is 6.81. The maximum atomic E-state index is 11.3. The molecule has 1 aromatic carbocycles. The van der Waals surface area contributed by atoms with Crippen LogP contribution in [0.5, 0.6) is 0 Å². The second-order valence-electron chi connectivity index (χ2n) is 3.93. The number of aromatic amines is 1. The molecule has 0 spiro atoms. The van der Waals surface area contributed by atoms with Gasteiger partial charge in [-0.05, 0) is 17.7 Å². The quantitative estimate of drug-likeness (QED) is 0.617. The van der Waals surface area contributed by atoms with Gasteiger partial charge in [0.25, 0.3) is 5.56 Å². The number of nitrogens with two attached hydrogens (primary N) is 2. The Morgan fingerprint density at radius 2 is 2.00 bits per heavy atom. The summed E-state index contributed by atoms with van der Waals surface area (Å²) in [5.41, 5.74) is 11.6. The summed E-state index contributed by atoms with van der Waals surface area (Å²) < 4.78 is 0. The molecule has 19 heavy (non-hydrogen) atoms. The third-order valence-electron chi connectivity index (χ3n) is 2.53. The van der Waals surface area contributed by atoms with Gasteiger partial charge in [0, 0.05) is 12.1 Å². The Hall–Kier alpha value is -2.83. The Bertz CT molecular complexity index is 648. The van der Waals surface area contributed by atoms with Crippen LogP contribution in [0.4, 0.5) is 11.6 Å². The Balaban J connectivity index is 2.04. The largest absolute Gasteiger partial charge is 0.393 e. The molecule has 0 saturated carbocycles. The van der Waals surface area contributed by atoms with E-state index >= 15 is 0 Å². The Kier molecular flexibility index (Phi) is 3.46. The van der Waals surface area contributed by atoms with E-state index in [0.29, 0.717) is 18.1 Å². The van der Waals surface area contributed by atoms with Crippen molar-refractivity contribution in [1.29, 1.82) is 0 Å². The molecule has 0 saturated heterocycles. The van der Waals surface area contributed by atoms with Crippen LogP contribution in [0.2, 0.25) is 0 Å². The number of anilines is 2. The maximum Gasteiger partial charge on any atom is 0.275 e. The number of rotatable bonds is 4. The first-order chi connectivity index (χ1) is 9.06. The van der Waals surface area contributed by atoms with Crippen LogP contribution in [-0.2, 0) is 6.54 Å². The Labute approximate surface area is 108 Å². The summed E-state index contributed by atoms with van der Waals surface area (Å²) >= 11 is 0. The van der Waals surface area contributed by atoms with Crippen molar-refractivity contribution in [2.75, 3.05) is 11.1 Å². The number of carbonyl (C=O) groups excluding carboxylic acids is 1. The maximum absolute atomic E-state index is 11.3. The SMILES string of the molecule is NC(=O)c1ccc(CNc2ncc(N)c(=O)[nH]2)cc1. The molecule has 0 fully saturated rings. The predicted octanol–water partition coefficient (Wildman–Crippen LogP) is 0.0631. The van der Waals surface area contributed by atoms with Crippen molar-refractivity contribution in [3.8, 4) is 0 Å². The van der Waals surface area contributed by atoms with E-state index < -0.39 is 5.91 Å². The molecule has 0 aliphatic heterocycles. The van der Waals surface area contributed by atoms with Crippen LogP contribution in [-0.4, -0.2) is 15.9 Å². The molecule has 1 heterocycles. The van der Waals surface area contributed by atoms with E-state index in [2.05, 4.69) is 15.3 Å². The van der Waals surface area contributed by atoms with Crippen LogP contribution in [0.25, 0.3) is 0 Å². The van der Waals surface area contributed by atoms with Crippen molar-refractivity contribution in [3.63, 3.8) is 0 Å². The van der Waals surface area contributed by atoms with E-state index in [9.17, 15) is 9.59 Å². The van der Waals surface area contributed by atoms with E-state index in [0.717, 1.165) is 5.56 Å². The van der Waals surface area contributed by atoms with E-state index in [1.807, 2.05) is 0 Å². The smallest absolute Gasteiger partial charge is 0.275 e. The highest BCUT2D eigenvalue weighted by molar-refractivity contribution is 5.92. The normalized spacial score (nSPS) is 10.1. The lowest BCUT2D eigenvalue weighted by Gasteiger charge is -2.05. The Morgan fingerprint density at radius 1 is 1.32 bits per heavy atom. The fourth-order valence-electron chi connectivity index (χ4n) is 1.47. The van der Waals surface area contributed by atoms with Gasteiger partial charge in [0.2, 0.25) is 11.9 Å². The first kappa shape index (κ1) is 12.6. The topological polar surface area (TPSA) is 127 Å². The van der Waals surface area contributed by atoms with Crippen LogP contribution < -0.4 is 22.3 Å². The lowest BCUT2D eigenvalue weighted by Crippen LogP contribution is -2.15. The standard InChI is InChI=1S/C12H13N5O2/c13-9-6-16-12(17-11(9)19)15-5-7-1-3-8(4-2-7)10(14)18/h1-4,6H,5,13H2,(H2,14,18)(H2,15,16,17,19). The van der Waals surface area contributed by atoms with Crippen LogP contribution >= 0.6 is 0 Å². The highest BCUT2D eigenvalue weighted by Gasteiger charge is 2.01. The van der Waals surface area contributed by atoms with Gasteiger partial charge in [-0.2, -0.15) is 0 Å². The molecule has 1 aromatic heterocycles. The highest BCUT2D eigenvalue weighted by atomic mass is 16.1. The van der Waals surface area contributed by atoms with Crippen molar-refractivity contribution in [3.05, 3.63) is 51.9 Å². The van der Waals surface area contributed by atoms with Crippen LogP contribution in [0.1, 0.15) is 15.9 Å². The third-order valence-corrected chi connectivity index (χ3v) is 2.53. The van der Waals surface area contributed by atoms with Gasteiger partial charge in [-0.15, -0.1) is 0 Å². The van der Waals surface area contributed by atoms with E-state index in [1.54, 1.807) is 24.3 Å². The molecule has 0 atom stereocenters. The summed E-state index contributed by atoms with van der Waals surface area (Å²) in [5.74, 6) is -0.137. The number of carbonyl (C=O) groups is 1. The minimum atomic E-state index is -0.468. The molecule has 0 unspecified atom stereocenters. The van der Waals surface area contributed by atoms with Gasteiger partial charge in [-0.3, -0.25) is 14.6 Å². The van der Waals surface area contributed by atoms with Crippen molar-refractivity contribution in [2.45, 2.75) is 6.54 Å². The van der Waals surface area contributed by atoms with Gasteiger partial charge < -0.3 is 16.8 Å². The summed E-state index contributed by atoms with van der Waals surface area (Å²) in [4.78, 5) is 28.6. The second kappa shape index (κ2) is 5.21. The number of aromatic nitrogens is 2. The van der Waals surface area contributed by atoms with Crippen LogP contribution in [0.3, 0.4) is 0 Å². The van der Waals surface area contributed by atoms with Crippen LogP contribution in [0, 0.1) is 0 Å². The summed E-state index contributed by atoms with van der Waals surface area (Å²) in [5, 5.41) is 2.94. The Morgan fingerprint density at radius 3 is 2.58 bits per heavy atom. The number of hydrogen-bond donors (Lipinski definition) is 4. The summed E-state index contributed by atoms with van der Waals surface area (Å²) in [6.45, 7) is 0.450. The monoisotopic (exact) mass is 259 g/mol. The zero-order valence-corrected chi connectivity index (χ0v) is 10.0. The molecule has 0 bridgehead atoms. The number of nitrogen functional groups attached to an aromatic ring is 1.